The van der Waals surface area contributed by atoms with Crippen molar-refractivity contribution in [1.82, 2.24) is 5.32 Å². The van der Waals surface area contributed by atoms with Crippen molar-refractivity contribution < 1.29 is 9.84 Å². The first-order valence-corrected chi connectivity index (χ1v) is 7.77. The Hall–Kier alpha value is -1.26. The summed E-state index contributed by atoms with van der Waals surface area (Å²) in [4.78, 5) is 2.06. The average Bonchev–Trinajstić information content (AvgIpc) is 2.50. The van der Waals surface area contributed by atoms with E-state index in [-0.39, 0.29) is 12.1 Å². The molecule has 0 bridgehead atoms. The summed E-state index contributed by atoms with van der Waals surface area (Å²) in [6.45, 7) is 5.95. The maximum atomic E-state index is 9.52. The van der Waals surface area contributed by atoms with E-state index in [1.54, 1.807) is 0 Å². The van der Waals surface area contributed by atoms with Gasteiger partial charge in [-0.3, -0.25) is 0 Å². The van der Waals surface area contributed by atoms with E-state index in [1.165, 1.54) is 0 Å². The fraction of sp³-hybridized carbons (Fsp3) is 0.647. The van der Waals surface area contributed by atoms with Crippen LogP contribution in [0.15, 0.2) is 24.3 Å². The summed E-state index contributed by atoms with van der Waals surface area (Å²) in [6, 6.07) is 8.09. The molecule has 4 nitrogen and oxygen atoms in total. The van der Waals surface area contributed by atoms with Crippen molar-refractivity contribution in [3.8, 4) is 5.75 Å². The molecule has 21 heavy (non-hydrogen) atoms. The third kappa shape index (κ3) is 6.36. The molecule has 1 unspecified atom stereocenters. The molecule has 0 aromatic heterocycles. The number of hydrogen-bond donors (Lipinski definition) is 2. The van der Waals surface area contributed by atoms with Crippen LogP contribution in [-0.4, -0.2) is 44.5 Å². The Balaban J connectivity index is 2.37. The highest BCUT2D eigenvalue weighted by molar-refractivity contribution is 5.49. The summed E-state index contributed by atoms with van der Waals surface area (Å²) >= 11 is 0. The zero-order chi connectivity index (χ0) is 15.7. The van der Waals surface area contributed by atoms with Crippen LogP contribution < -0.4 is 15.0 Å². The molecule has 0 radical (unpaired) electrons. The number of aliphatic hydroxyl groups is 1. The van der Waals surface area contributed by atoms with Gasteiger partial charge in [-0.2, -0.15) is 0 Å². The minimum absolute atomic E-state index is 0.156. The Bertz CT molecular complexity index is 410. The highest BCUT2D eigenvalue weighted by Crippen LogP contribution is 2.20. The Morgan fingerprint density at radius 1 is 1.33 bits per heavy atom. The summed E-state index contributed by atoms with van der Waals surface area (Å²) in [5.41, 5.74) is 0.933. The van der Waals surface area contributed by atoms with Crippen LogP contribution in [0.4, 0.5) is 5.69 Å². The molecule has 0 spiro atoms. The fourth-order valence-corrected chi connectivity index (χ4v) is 2.15. The zero-order valence-electron chi connectivity index (χ0n) is 13.9. The Labute approximate surface area is 129 Å². The van der Waals surface area contributed by atoms with Crippen LogP contribution in [0.3, 0.4) is 0 Å². The second kappa shape index (κ2) is 8.90. The quantitative estimate of drug-likeness (QED) is 0.651. The van der Waals surface area contributed by atoms with E-state index < -0.39 is 0 Å². The maximum Gasteiger partial charge on any atom is 0.121 e. The van der Waals surface area contributed by atoms with Crippen LogP contribution in [0.2, 0.25) is 0 Å². The van der Waals surface area contributed by atoms with Crippen molar-refractivity contribution in [2.45, 2.75) is 38.6 Å². The molecule has 0 fully saturated rings. The summed E-state index contributed by atoms with van der Waals surface area (Å²) < 4.78 is 5.81. The second-order valence-electron chi connectivity index (χ2n) is 5.99. The fourth-order valence-electron chi connectivity index (χ4n) is 2.15. The van der Waals surface area contributed by atoms with Crippen molar-refractivity contribution in [2.24, 2.45) is 0 Å². The number of ether oxygens (including phenoxy) is 1. The van der Waals surface area contributed by atoms with Gasteiger partial charge in [0.1, 0.15) is 5.75 Å². The van der Waals surface area contributed by atoms with E-state index in [2.05, 4.69) is 30.1 Å². The van der Waals surface area contributed by atoms with Gasteiger partial charge in [-0.05, 0) is 44.9 Å². The van der Waals surface area contributed by atoms with Crippen LogP contribution in [0.1, 0.15) is 33.1 Å². The predicted octanol–water partition coefficient (Wildman–Crippen LogP) is 2.66. The van der Waals surface area contributed by atoms with E-state index in [0.717, 1.165) is 37.2 Å². The van der Waals surface area contributed by atoms with E-state index in [9.17, 15) is 5.11 Å². The number of nitrogens with one attached hydrogen (secondary N) is 1. The molecular weight excluding hydrogens is 264 g/mol. The first kappa shape index (κ1) is 17.8. The van der Waals surface area contributed by atoms with Crippen molar-refractivity contribution in [3.05, 3.63) is 24.3 Å². The average molecular weight is 294 g/mol. The molecule has 120 valence electrons. The van der Waals surface area contributed by atoms with Crippen LogP contribution in [0.5, 0.6) is 5.75 Å². The maximum absolute atomic E-state index is 9.52. The molecule has 0 aliphatic heterocycles. The smallest absolute Gasteiger partial charge is 0.121 e. The molecule has 0 aliphatic rings. The molecule has 0 saturated heterocycles. The van der Waals surface area contributed by atoms with Gasteiger partial charge in [0.05, 0.1) is 13.2 Å². The normalized spacial score (nSPS) is 13.8. The molecule has 4 heteroatoms. The number of hydrogen-bond acceptors (Lipinski definition) is 4. The molecule has 1 aromatic carbocycles. The van der Waals surface area contributed by atoms with Gasteiger partial charge in [-0.1, -0.05) is 13.0 Å². The second-order valence-corrected chi connectivity index (χ2v) is 5.99. The molecule has 2 N–H and O–H groups in total. The third-order valence-corrected chi connectivity index (χ3v) is 3.63. The van der Waals surface area contributed by atoms with Gasteiger partial charge in [0.25, 0.3) is 0 Å². The summed E-state index contributed by atoms with van der Waals surface area (Å²) in [5, 5.41) is 12.9. The molecule has 1 rings (SSSR count). The molecule has 0 amide bonds. The lowest BCUT2D eigenvalue weighted by molar-refractivity contribution is 0.156. The summed E-state index contributed by atoms with van der Waals surface area (Å²) in [6.07, 6.45) is 2.89. The number of rotatable bonds is 10. The van der Waals surface area contributed by atoms with Crippen LogP contribution in [0, 0.1) is 0 Å². The monoisotopic (exact) mass is 294 g/mol. The van der Waals surface area contributed by atoms with E-state index in [1.807, 2.05) is 32.3 Å². The van der Waals surface area contributed by atoms with Crippen molar-refractivity contribution in [2.75, 3.05) is 38.8 Å². The lowest BCUT2D eigenvalue weighted by atomic mass is 9.97. The minimum Gasteiger partial charge on any atom is -0.494 e. The van der Waals surface area contributed by atoms with Crippen LogP contribution in [0.25, 0.3) is 0 Å². The number of nitrogens with zero attached hydrogens (tertiary/aromatic N) is 1. The van der Waals surface area contributed by atoms with Gasteiger partial charge in [-0.25, -0.2) is 0 Å². The Morgan fingerprint density at radius 2 is 2.10 bits per heavy atom. The SMILES string of the molecule is CCCNC(C)(CO)CCCOc1cccc(N(C)C)c1. The molecule has 0 saturated carbocycles. The van der Waals surface area contributed by atoms with Gasteiger partial charge in [0.2, 0.25) is 0 Å². The molecule has 0 heterocycles. The third-order valence-electron chi connectivity index (χ3n) is 3.63. The van der Waals surface area contributed by atoms with Gasteiger partial charge in [0.15, 0.2) is 0 Å². The van der Waals surface area contributed by atoms with Crippen molar-refractivity contribution in [1.29, 1.82) is 0 Å². The van der Waals surface area contributed by atoms with E-state index in [4.69, 9.17) is 4.74 Å². The first-order chi connectivity index (χ1) is 10.0. The molecular formula is C17H30N2O2. The first-order valence-electron chi connectivity index (χ1n) is 7.77. The Morgan fingerprint density at radius 3 is 2.71 bits per heavy atom. The van der Waals surface area contributed by atoms with Crippen molar-refractivity contribution in [3.63, 3.8) is 0 Å². The molecule has 1 atom stereocenters. The van der Waals surface area contributed by atoms with Gasteiger partial charge in [-0.15, -0.1) is 0 Å². The van der Waals surface area contributed by atoms with E-state index in [0.29, 0.717) is 6.61 Å². The molecule has 0 aliphatic carbocycles. The highest BCUT2D eigenvalue weighted by atomic mass is 16.5. The number of aliphatic hydroxyl groups excluding tert-OH is 1. The standard InChI is InChI=1S/C17H30N2O2/c1-5-11-18-17(2,14-20)10-7-12-21-16-9-6-8-15(13-16)19(3)4/h6,8-9,13,18,20H,5,7,10-12,14H2,1-4H3. The minimum atomic E-state index is -0.204. The topological polar surface area (TPSA) is 44.7 Å². The number of benzene rings is 1. The van der Waals surface area contributed by atoms with Gasteiger partial charge in [0, 0.05) is 31.4 Å². The molecule has 1 aromatic rings. The summed E-state index contributed by atoms with van der Waals surface area (Å²) in [5.74, 6) is 0.897. The summed E-state index contributed by atoms with van der Waals surface area (Å²) in [7, 11) is 4.04. The van der Waals surface area contributed by atoms with Gasteiger partial charge < -0.3 is 20.1 Å². The van der Waals surface area contributed by atoms with E-state index >= 15 is 0 Å². The largest absolute Gasteiger partial charge is 0.494 e. The zero-order valence-corrected chi connectivity index (χ0v) is 13.9. The Kier molecular flexibility index (Phi) is 7.54. The van der Waals surface area contributed by atoms with Crippen molar-refractivity contribution >= 4 is 5.69 Å². The lowest BCUT2D eigenvalue weighted by Gasteiger charge is -2.28. The lowest BCUT2D eigenvalue weighted by Crippen LogP contribution is -2.46. The number of anilines is 1. The van der Waals surface area contributed by atoms with Crippen LogP contribution in [-0.2, 0) is 0 Å². The predicted molar refractivity (Wildman–Crippen MR) is 89.3 cm³/mol. The van der Waals surface area contributed by atoms with Crippen LogP contribution >= 0.6 is 0 Å². The highest BCUT2D eigenvalue weighted by Gasteiger charge is 2.21. The van der Waals surface area contributed by atoms with Gasteiger partial charge >= 0.3 is 0 Å².